The molecule has 0 amide bonds. The lowest BCUT2D eigenvalue weighted by Crippen LogP contribution is -2.14. The lowest BCUT2D eigenvalue weighted by molar-refractivity contribution is 0.0525. The summed E-state index contributed by atoms with van der Waals surface area (Å²) in [5.41, 5.74) is 2.49. The van der Waals surface area contributed by atoms with Gasteiger partial charge in [-0.25, -0.2) is 14.8 Å². The van der Waals surface area contributed by atoms with Gasteiger partial charge in [-0.1, -0.05) is 30.3 Å². The van der Waals surface area contributed by atoms with Gasteiger partial charge in [-0.2, -0.15) is 0 Å². The smallest absolute Gasteiger partial charge is 0.342 e. The number of rotatable bonds is 5. The molecule has 0 saturated heterocycles. The van der Waals surface area contributed by atoms with Crippen LogP contribution in [0.4, 0.5) is 5.95 Å². The Hall–Kier alpha value is -2.43. The summed E-state index contributed by atoms with van der Waals surface area (Å²) in [6.45, 7) is 6.58. The Kier molecular flexibility index (Phi) is 4.87. The van der Waals surface area contributed by atoms with Crippen molar-refractivity contribution in [1.29, 1.82) is 0 Å². The number of benzene rings is 1. The van der Waals surface area contributed by atoms with Gasteiger partial charge in [0.15, 0.2) is 0 Å². The second kappa shape index (κ2) is 6.83. The van der Waals surface area contributed by atoms with Gasteiger partial charge in [0.25, 0.3) is 0 Å². The average Bonchev–Trinajstić information content (AvgIpc) is 2.48. The number of carbonyl (C=O) groups excluding carboxylic acids is 1. The Bertz CT molecular complexity index is 627. The van der Waals surface area contributed by atoms with E-state index in [1.807, 2.05) is 37.3 Å². The first-order valence-electron chi connectivity index (χ1n) is 7.02. The summed E-state index contributed by atoms with van der Waals surface area (Å²) in [7, 11) is 0. The third-order valence-electron chi connectivity index (χ3n) is 2.95. The van der Waals surface area contributed by atoms with Gasteiger partial charge in [0, 0.05) is 12.1 Å². The Labute approximate surface area is 124 Å². The lowest BCUT2D eigenvalue weighted by atomic mass is 10.0. The second-order valence-corrected chi connectivity index (χ2v) is 4.47. The molecule has 5 heteroatoms. The van der Waals surface area contributed by atoms with Crippen molar-refractivity contribution in [3.63, 3.8) is 0 Å². The molecule has 0 atom stereocenters. The largest absolute Gasteiger partial charge is 0.462 e. The van der Waals surface area contributed by atoms with Gasteiger partial charge in [-0.05, 0) is 20.8 Å². The van der Waals surface area contributed by atoms with Gasteiger partial charge in [-0.3, -0.25) is 0 Å². The number of ether oxygens (including phenoxy) is 1. The van der Waals surface area contributed by atoms with Crippen molar-refractivity contribution in [1.82, 2.24) is 9.97 Å². The summed E-state index contributed by atoms with van der Waals surface area (Å²) in [4.78, 5) is 21.0. The number of esters is 1. The molecule has 1 N–H and O–H groups in total. The van der Waals surface area contributed by atoms with E-state index in [1.54, 1.807) is 13.8 Å². The molecule has 0 aliphatic heterocycles. The molecule has 0 radical (unpaired) electrons. The SMILES string of the molecule is CCNc1nc(C)c(C(=O)OCC)c(-c2ccccc2)n1. The van der Waals surface area contributed by atoms with Crippen molar-refractivity contribution in [3.8, 4) is 11.3 Å². The third kappa shape index (κ3) is 3.37. The molecule has 1 aromatic carbocycles. The number of anilines is 1. The van der Waals surface area contributed by atoms with Crippen LogP contribution in [0.5, 0.6) is 0 Å². The number of aromatic nitrogens is 2. The number of nitrogens with zero attached hydrogens (tertiary/aromatic N) is 2. The average molecular weight is 285 g/mol. The minimum Gasteiger partial charge on any atom is -0.462 e. The minimum atomic E-state index is -0.392. The molecule has 0 aliphatic carbocycles. The zero-order valence-electron chi connectivity index (χ0n) is 12.5. The standard InChI is InChI=1S/C16H19N3O2/c1-4-17-16-18-11(3)13(15(20)21-5-2)14(19-16)12-9-7-6-8-10-12/h6-10H,4-5H2,1-3H3,(H,17,18,19). The Morgan fingerprint density at radius 3 is 2.52 bits per heavy atom. The zero-order valence-corrected chi connectivity index (χ0v) is 12.5. The number of carbonyl (C=O) groups is 1. The maximum atomic E-state index is 12.2. The predicted molar refractivity (Wildman–Crippen MR) is 82.3 cm³/mol. The first-order chi connectivity index (χ1) is 10.2. The summed E-state index contributed by atoms with van der Waals surface area (Å²) < 4.78 is 5.13. The van der Waals surface area contributed by atoms with Crippen LogP contribution in [0.2, 0.25) is 0 Å². The van der Waals surface area contributed by atoms with E-state index in [4.69, 9.17) is 4.74 Å². The third-order valence-corrected chi connectivity index (χ3v) is 2.95. The number of nitrogens with one attached hydrogen (secondary N) is 1. The molecular weight excluding hydrogens is 266 g/mol. The van der Waals surface area contributed by atoms with Crippen LogP contribution in [-0.4, -0.2) is 29.1 Å². The normalized spacial score (nSPS) is 10.2. The van der Waals surface area contributed by atoms with E-state index < -0.39 is 5.97 Å². The Morgan fingerprint density at radius 2 is 1.90 bits per heavy atom. The van der Waals surface area contributed by atoms with Gasteiger partial charge >= 0.3 is 5.97 Å². The maximum absolute atomic E-state index is 12.2. The first kappa shape index (κ1) is 15.0. The van der Waals surface area contributed by atoms with Crippen molar-refractivity contribution in [2.24, 2.45) is 0 Å². The molecule has 0 fully saturated rings. The number of aryl methyl sites for hydroxylation is 1. The molecule has 0 aliphatic rings. The Morgan fingerprint density at radius 1 is 1.19 bits per heavy atom. The van der Waals surface area contributed by atoms with Crippen LogP contribution in [0.3, 0.4) is 0 Å². The summed E-state index contributed by atoms with van der Waals surface area (Å²) in [5.74, 6) is 0.124. The summed E-state index contributed by atoms with van der Waals surface area (Å²) in [6, 6.07) is 9.58. The van der Waals surface area contributed by atoms with Crippen LogP contribution >= 0.6 is 0 Å². The van der Waals surface area contributed by atoms with Crippen LogP contribution in [-0.2, 0) is 4.74 Å². The minimum absolute atomic E-state index is 0.321. The highest BCUT2D eigenvalue weighted by Crippen LogP contribution is 2.25. The summed E-state index contributed by atoms with van der Waals surface area (Å²) >= 11 is 0. The van der Waals surface area contributed by atoms with E-state index in [0.717, 1.165) is 5.56 Å². The lowest BCUT2D eigenvalue weighted by Gasteiger charge is -2.13. The molecule has 2 rings (SSSR count). The molecule has 0 unspecified atom stereocenters. The van der Waals surface area contributed by atoms with E-state index in [-0.39, 0.29) is 0 Å². The molecule has 2 aromatic rings. The molecule has 21 heavy (non-hydrogen) atoms. The fourth-order valence-electron chi connectivity index (χ4n) is 2.06. The maximum Gasteiger partial charge on any atom is 0.342 e. The van der Waals surface area contributed by atoms with E-state index >= 15 is 0 Å². The van der Waals surface area contributed by atoms with Crippen molar-refractivity contribution >= 4 is 11.9 Å². The van der Waals surface area contributed by atoms with Crippen LogP contribution in [0.1, 0.15) is 29.9 Å². The van der Waals surface area contributed by atoms with Crippen molar-refractivity contribution in [2.75, 3.05) is 18.5 Å². The van der Waals surface area contributed by atoms with Crippen molar-refractivity contribution < 1.29 is 9.53 Å². The molecule has 5 nitrogen and oxygen atoms in total. The van der Waals surface area contributed by atoms with Crippen LogP contribution in [0, 0.1) is 6.92 Å². The molecule has 1 aromatic heterocycles. The van der Waals surface area contributed by atoms with Crippen LogP contribution < -0.4 is 5.32 Å². The topological polar surface area (TPSA) is 64.1 Å². The summed E-state index contributed by atoms with van der Waals surface area (Å²) in [6.07, 6.45) is 0. The fraction of sp³-hybridized carbons (Fsp3) is 0.312. The highest BCUT2D eigenvalue weighted by atomic mass is 16.5. The Balaban J connectivity index is 2.60. The monoisotopic (exact) mass is 285 g/mol. The van der Waals surface area contributed by atoms with Gasteiger partial charge in [0.1, 0.15) is 5.56 Å². The van der Waals surface area contributed by atoms with Crippen LogP contribution in [0.15, 0.2) is 30.3 Å². The van der Waals surface area contributed by atoms with Gasteiger partial charge in [-0.15, -0.1) is 0 Å². The van der Waals surface area contributed by atoms with Crippen LogP contribution in [0.25, 0.3) is 11.3 Å². The summed E-state index contributed by atoms with van der Waals surface area (Å²) in [5, 5.41) is 3.08. The quantitative estimate of drug-likeness (QED) is 0.855. The molecule has 1 heterocycles. The zero-order chi connectivity index (χ0) is 15.2. The highest BCUT2D eigenvalue weighted by molar-refractivity contribution is 5.97. The van der Waals surface area contributed by atoms with E-state index in [1.165, 1.54) is 0 Å². The van der Waals surface area contributed by atoms with Gasteiger partial charge in [0.05, 0.1) is 18.0 Å². The van der Waals surface area contributed by atoms with Crippen molar-refractivity contribution in [3.05, 3.63) is 41.6 Å². The van der Waals surface area contributed by atoms with Crippen molar-refractivity contribution in [2.45, 2.75) is 20.8 Å². The van der Waals surface area contributed by atoms with Gasteiger partial charge < -0.3 is 10.1 Å². The molecule has 0 spiro atoms. The number of hydrogen-bond acceptors (Lipinski definition) is 5. The van der Waals surface area contributed by atoms with E-state index in [0.29, 0.717) is 36.1 Å². The molecule has 0 bridgehead atoms. The molecule has 110 valence electrons. The molecule has 0 saturated carbocycles. The second-order valence-electron chi connectivity index (χ2n) is 4.47. The van der Waals surface area contributed by atoms with E-state index in [9.17, 15) is 4.79 Å². The fourth-order valence-corrected chi connectivity index (χ4v) is 2.06. The highest BCUT2D eigenvalue weighted by Gasteiger charge is 2.20. The van der Waals surface area contributed by atoms with E-state index in [2.05, 4.69) is 15.3 Å². The predicted octanol–water partition coefficient (Wildman–Crippen LogP) is 3.06. The first-order valence-corrected chi connectivity index (χ1v) is 7.02. The molecular formula is C16H19N3O2. The van der Waals surface area contributed by atoms with Gasteiger partial charge in [0.2, 0.25) is 5.95 Å². The number of hydrogen-bond donors (Lipinski definition) is 1.